The molecule has 11 nitrogen and oxygen atoms in total. The second-order valence-electron chi connectivity index (χ2n) is 10.5. The maximum absolute atomic E-state index is 13.6. The van der Waals surface area contributed by atoms with Gasteiger partial charge in [-0.25, -0.2) is 27.5 Å². The van der Waals surface area contributed by atoms with E-state index in [0.717, 1.165) is 23.9 Å². The summed E-state index contributed by atoms with van der Waals surface area (Å²) in [6.07, 6.45) is 2.84. The van der Waals surface area contributed by atoms with E-state index in [0.29, 0.717) is 35.5 Å². The summed E-state index contributed by atoms with van der Waals surface area (Å²) in [5.74, 6) is -0.770. The van der Waals surface area contributed by atoms with Gasteiger partial charge in [0.05, 0.1) is 35.1 Å². The zero-order valence-corrected chi connectivity index (χ0v) is 24.9. The number of amides is 1. The molecule has 1 amide bonds. The Hall–Kier alpha value is -4.10. The molecule has 0 aliphatic carbocycles. The van der Waals surface area contributed by atoms with Crippen LogP contribution in [0.15, 0.2) is 47.4 Å². The molecular formula is C28H29ClFN7O4S. The summed E-state index contributed by atoms with van der Waals surface area (Å²) in [5.41, 5.74) is 2.66. The molecular weight excluding hydrogens is 585 g/mol. The van der Waals surface area contributed by atoms with E-state index >= 15 is 0 Å². The summed E-state index contributed by atoms with van der Waals surface area (Å²) in [6.45, 7) is 4.92. The fraction of sp³-hybridized carbons (Fsp3) is 0.321. The zero-order chi connectivity index (χ0) is 30.3. The quantitative estimate of drug-likeness (QED) is 0.299. The molecule has 1 fully saturated rings. The molecule has 1 saturated heterocycles. The number of fused-ring (bicyclic) bond motifs is 1. The number of carbonyl (C=O) groups is 1. The van der Waals surface area contributed by atoms with Crippen LogP contribution in [0, 0.1) is 12.7 Å². The van der Waals surface area contributed by atoms with Gasteiger partial charge in [-0.15, -0.1) is 0 Å². The lowest BCUT2D eigenvalue weighted by atomic mass is 10.0. The fourth-order valence-electron chi connectivity index (χ4n) is 5.22. The highest BCUT2D eigenvalue weighted by Gasteiger charge is 2.29. The van der Waals surface area contributed by atoms with Crippen molar-refractivity contribution in [2.24, 2.45) is 7.05 Å². The molecule has 220 valence electrons. The predicted molar refractivity (Wildman–Crippen MR) is 159 cm³/mol. The molecule has 4 heterocycles. The Morgan fingerprint density at radius 2 is 1.95 bits per heavy atom. The van der Waals surface area contributed by atoms with Gasteiger partial charge in [-0.1, -0.05) is 17.7 Å². The third kappa shape index (κ3) is 6.07. The summed E-state index contributed by atoms with van der Waals surface area (Å²) < 4.78 is 40.2. The molecule has 0 radical (unpaired) electrons. The standard InChI is InChI=1S/C28H29ClFN7O4S/c1-15-11-19(16(2)32-22-7-8-23(29)33-25(22)26(38)35-42(4,40)41)24-20(12-15)27(39)36(3)28(34-24)37-10-9-17(14-37)21-6-5-18(30)13-31-21/h5-8,11-13,16-17,32H,9-10,14H2,1-4H3,(H,35,38)/t16-,17?/m1/s1. The van der Waals surface area contributed by atoms with Crippen LogP contribution in [0.1, 0.15) is 52.6 Å². The summed E-state index contributed by atoms with van der Waals surface area (Å²) in [6, 6.07) is 9.30. The number of sulfonamides is 1. The highest BCUT2D eigenvalue weighted by atomic mass is 35.5. The van der Waals surface area contributed by atoms with Gasteiger partial charge in [0.15, 0.2) is 5.69 Å². The molecule has 1 aliphatic rings. The maximum Gasteiger partial charge on any atom is 0.285 e. The van der Waals surface area contributed by atoms with Gasteiger partial charge >= 0.3 is 0 Å². The van der Waals surface area contributed by atoms with Crippen molar-refractivity contribution >= 4 is 50.1 Å². The molecule has 0 bridgehead atoms. The average molecular weight is 614 g/mol. The molecule has 3 aromatic heterocycles. The third-order valence-corrected chi connectivity index (χ3v) is 7.93. The minimum atomic E-state index is -3.84. The SMILES string of the molecule is Cc1cc([C@@H](C)Nc2ccc(Cl)nc2C(=O)NS(C)(=O)=O)c2nc(N3CCC(c4ccc(F)cn4)C3)n(C)c(=O)c2c1. The lowest BCUT2D eigenvalue weighted by molar-refractivity contribution is 0.0977. The number of nitrogens with zero attached hydrogens (tertiary/aromatic N) is 5. The molecule has 1 aliphatic heterocycles. The van der Waals surface area contributed by atoms with Crippen molar-refractivity contribution in [3.63, 3.8) is 0 Å². The first kappa shape index (κ1) is 29.4. The monoisotopic (exact) mass is 613 g/mol. The Morgan fingerprint density at radius 1 is 1.19 bits per heavy atom. The minimum Gasteiger partial charge on any atom is -0.377 e. The van der Waals surface area contributed by atoms with Gasteiger partial charge in [0, 0.05) is 37.3 Å². The molecule has 5 rings (SSSR count). The second kappa shape index (κ2) is 11.3. The van der Waals surface area contributed by atoms with Crippen molar-refractivity contribution < 1.29 is 17.6 Å². The Labute approximate surface area is 246 Å². The van der Waals surface area contributed by atoms with Crippen LogP contribution in [0.25, 0.3) is 10.9 Å². The third-order valence-electron chi connectivity index (χ3n) is 7.16. The average Bonchev–Trinajstić information content (AvgIpc) is 3.41. The highest BCUT2D eigenvalue weighted by Crippen LogP contribution is 2.32. The Kier molecular flexibility index (Phi) is 7.90. The summed E-state index contributed by atoms with van der Waals surface area (Å²) in [4.78, 5) is 41.5. The number of hydrogen-bond donors (Lipinski definition) is 2. The van der Waals surface area contributed by atoms with E-state index in [-0.39, 0.29) is 28.0 Å². The van der Waals surface area contributed by atoms with E-state index in [1.165, 1.54) is 29.0 Å². The van der Waals surface area contributed by atoms with Gasteiger partial charge < -0.3 is 10.2 Å². The number of pyridine rings is 2. The number of benzene rings is 1. The molecule has 4 aromatic rings. The predicted octanol–water partition coefficient (Wildman–Crippen LogP) is 3.68. The van der Waals surface area contributed by atoms with E-state index in [1.807, 2.05) is 29.5 Å². The Bertz CT molecular complexity index is 1870. The number of hydrogen-bond acceptors (Lipinski definition) is 9. The van der Waals surface area contributed by atoms with E-state index in [9.17, 15) is 22.4 Å². The number of aryl methyl sites for hydroxylation is 1. The summed E-state index contributed by atoms with van der Waals surface area (Å²) >= 11 is 6.01. The number of anilines is 2. The van der Waals surface area contributed by atoms with Gasteiger partial charge in [0.2, 0.25) is 16.0 Å². The van der Waals surface area contributed by atoms with Gasteiger partial charge in [-0.05, 0) is 56.2 Å². The number of carbonyl (C=O) groups excluding carboxylic acids is 1. The van der Waals surface area contributed by atoms with E-state index in [4.69, 9.17) is 16.6 Å². The smallest absolute Gasteiger partial charge is 0.285 e. The molecule has 0 saturated carbocycles. The molecule has 42 heavy (non-hydrogen) atoms. The largest absolute Gasteiger partial charge is 0.377 e. The molecule has 1 aromatic carbocycles. The Morgan fingerprint density at radius 3 is 2.64 bits per heavy atom. The molecule has 2 atom stereocenters. The van der Waals surface area contributed by atoms with Gasteiger partial charge in [0.25, 0.3) is 11.5 Å². The van der Waals surface area contributed by atoms with Crippen molar-refractivity contribution in [1.82, 2.24) is 24.2 Å². The van der Waals surface area contributed by atoms with Crippen molar-refractivity contribution in [3.8, 4) is 0 Å². The van der Waals surface area contributed by atoms with Gasteiger partial charge in [-0.2, -0.15) is 0 Å². The van der Waals surface area contributed by atoms with E-state index in [2.05, 4.69) is 15.3 Å². The normalized spacial score (nSPS) is 16.0. The maximum atomic E-state index is 13.6. The fourth-order valence-corrected chi connectivity index (χ4v) is 5.80. The van der Waals surface area contributed by atoms with Crippen molar-refractivity contribution in [1.29, 1.82) is 0 Å². The number of aromatic nitrogens is 4. The lowest BCUT2D eigenvalue weighted by Crippen LogP contribution is -2.31. The van der Waals surface area contributed by atoms with Crippen LogP contribution in [0.2, 0.25) is 5.15 Å². The zero-order valence-electron chi connectivity index (χ0n) is 23.4. The van der Waals surface area contributed by atoms with Crippen molar-refractivity contribution in [3.05, 3.63) is 86.4 Å². The second-order valence-corrected chi connectivity index (χ2v) is 12.6. The molecule has 1 unspecified atom stereocenters. The lowest BCUT2D eigenvalue weighted by Gasteiger charge is -2.23. The van der Waals surface area contributed by atoms with Crippen LogP contribution in [0.4, 0.5) is 16.0 Å². The molecule has 2 N–H and O–H groups in total. The number of nitrogens with one attached hydrogen (secondary N) is 2. The van der Waals surface area contributed by atoms with Crippen molar-refractivity contribution in [2.75, 3.05) is 29.6 Å². The van der Waals surface area contributed by atoms with Crippen LogP contribution in [0.5, 0.6) is 0 Å². The van der Waals surface area contributed by atoms with Gasteiger partial charge in [0.1, 0.15) is 11.0 Å². The van der Waals surface area contributed by atoms with Gasteiger partial charge in [-0.3, -0.25) is 19.1 Å². The summed E-state index contributed by atoms with van der Waals surface area (Å²) in [5, 5.41) is 3.67. The van der Waals surface area contributed by atoms with E-state index < -0.39 is 27.8 Å². The summed E-state index contributed by atoms with van der Waals surface area (Å²) in [7, 11) is -2.16. The first-order valence-electron chi connectivity index (χ1n) is 13.1. The minimum absolute atomic E-state index is 0.0161. The molecule has 0 spiro atoms. The van der Waals surface area contributed by atoms with Crippen molar-refractivity contribution in [2.45, 2.75) is 32.2 Å². The topological polar surface area (TPSA) is 139 Å². The molecule has 14 heteroatoms. The van der Waals surface area contributed by atoms with Crippen LogP contribution < -0.4 is 20.5 Å². The number of rotatable bonds is 7. The van der Waals surface area contributed by atoms with Crippen LogP contribution in [-0.4, -0.2) is 53.2 Å². The van der Waals surface area contributed by atoms with Crippen LogP contribution in [0.3, 0.4) is 0 Å². The van der Waals surface area contributed by atoms with Crippen LogP contribution >= 0.6 is 11.6 Å². The Balaban J connectivity index is 1.52. The van der Waals surface area contributed by atoms with E-state index in [1.54, 1.807) is 19.2 Å². The number of halogens is 2. The van der Waals surface area contributed by atoms with Crippen LogP contribution in [-0.2, 0) is 17.1 Å². The first-order valence-corrected chi connectivity index (χ1v) is 15.4. The first-order chi connectivity index (χ1) is 19.8. The highest BCUT2D eigenvalue weighted by molar-refractivity contribution is 7.89.